The highest BCUT2D eigenvalue weighted by Crippen LogP contribution is 2.31. The van der Waals surface area contributed by atoms with Crippen molar-refractivity contribution < 1.29 is 31.0 Å². The fraction of sp³-hybridized carbons (Fsp3) is 0.400. The zero-order chi connectivity index (χ0) is 22.1. The van der Waals surface area contributed by atoms with Crippen LogP contribution in [-0.4, -0.2) is 78.1 Å². The van der Waals surface area contributed by atoms with Crippen LogP contribution in [0.4, 0.5) is 0 Å². The standard InChI is InChI=1S/C20H24N2O7S2/c1-21(14-16-15-28-19-4-2-3-5-20(19)29-16)30(23,24)17-6-8-18(9-7-17)31(25,26)22-10-12-27-13-11-22/h2-9,16H,10-15H2,1H3/t16-/m1/s1. The summed E-state index contributed by atoms with van der Waals surface area (Å²) in [5, 5.41) is 0. The van der Waals surface area contributed by atoms with Crippen LogP contribution in [0.5, 0.6) is 11.5 Å². The molecule has 4 rings (SSSR count). The van der Waals surface area contributed by atoms with Gasteiger partial charge >= 0.3 is 0 Å². The Morgan fingerprint density at radius 1 is 0.935 bits per heavy atom. The molecule has 0 bridgehead atoms. The van der Waals surface area contributed by atoms with Crippen LogP contribution in [0.2, 0.25) is 0 Å². The number of benzene rings is 2. The van der Waals surface area contributed by atoms with Crippen molar-refractivity contribution in [3.05, 3.63) is 48.5 Å². The molecular weight excluding hydrogens is 444 g/mol. The molecule has 0 N–H and O–H groups in total. The van der Waals surface area contributed by atoms with Gasteiger partial charge in [0.2, 0.25) is 20.0 Å². The van der Waals surface area contributed by atoms with Gasteiger partial charge in [-0.25, -0.2) is 16.8 Å². The Morgan fingerprint density at radius 2 is 1.55 bits per heavy atom. The largest absolute Gasteiger partial charge is 0.486 e. The van der Waals surface area contributed by atoms with Crippen LogP contribution in [0.25, 0.3) is 0 Å². The lowest BCUT2D eigenvalue weighted by atomic mass is 10.2. The lowest BCUT2D eigenvalue weighted by Crippen LogP contribution is -2.41. The van der Waals surface area contributed by atoms with Crippen molar-refractivity contribution in [2.24, 2.45) is 0 Å². The minimum Gasteiger partial charge on any atom is -0.486 e. The molecule has 1 atom stereocenters. The third-order valence-electron chi connectivity index (χ3n) is 5.17. The molecule has 2 aromatic carbocycles. The minimum absolute atomic E-state index is 0.00746. The SMILES string of the molecule is CN(C[C@@H]1COc2ccccc2O1)S(=O)(=O)c1ccc(S(=O)(=O)N2CCOCC2)cc1. The molecule has 168 valence electrons. The molecule has 9 nitrogen and oxygen atoms in total. The highest BCUT2D eigenvalue weighted by atomic mass is 32.2. The molecular formula is C20H24N2O7S2. The number of hydrogen-bond acceptors (Lipinski definition) is 7. The van der Waals surface area contributed by atoms with Gasteiger partial charge in [0.05, 0.1) is 29.5 Å². The van der Waals surface area contributed by atoms with E-state index in [0.29, 0.717) is 24.7 Å². The van der Waals surface area contributed by atoms with Gasteiger partial charge in [0.1, 0.15) is 12.7 Å². The second kappa shape index (κ2) is 8.75. The number of nitrogens with zero attached hydrogens (tertiary/aromatic N) is 2. The van der Waals surface area contributed by atoms with Gasteiger partial charge in [-0.1, -0.05) is 12.1 Å². The summed E-state index contributed by atoms with van der Waals surface area (Å²) < 4.78 is 70.6. The topological polar surface area (TPSA) is 102 Å². The summed E-state index contributed by atoms with van der Waals surface area (Å²) in [6, 6.07) is 12.5. The Balaban J connectivity index is 1.46. The Kier molecular flexibility index (Phi) is 6.22. The highest BCUT2D eigenvalue weighted by molar-refractivity contribution is 7.89. The van der Waals surface area contributed by atoms with Crippen molar-refractivity contribution in [3.63, 3.8) is 0 Å². The molecule has 2 aliphatic heterocycles. The summed E-state index contributed by atoms with van der Waals surface area (Å²) in [4.78, 5) is 0.0599. The quantitative estimate of drug-likeness (QED) is 0.627. The number of para-hydroxylation sites is 2. The number of likely N-dealkylation sites (N-methyl/N-ethyl adjacent to an activating group) is 1. The van der Waals surface area contributed by atoms with Crippen LogP contribution in [0.3, 0.4) is 0 Å². The lowest BCUT2D eigenvalue weighted by Gasteiger charge is -2.29. The molecule has 0 amide bonds. The second-order valence-corrected chi connectivity index (χ2v) is 11.3. The first-order chi connectivity index (χ1) is 14.8. The van der Waals surface area contributed by atoms with Crippen molar-refractivity contribution in [2.75, 3.05) is 46.5 Å². The summed E-state index contributed by atoms with van der Waals surface area (Å²) in [6.45, 7) is 1.55. The Labute approximate surface area is 182 Å². The van der Waals surface area contributed by atoms with E-state index in [9.17, 15) is 16.8 Å². The molecule has 0 radical (unpaired) electrons. The summed E-state index contributed by atoms with van der Waals surface area (Å²) in [5.41, 5.74) is 0. The van der Waals surface area contributed by atoms with Crippen LogP contribution in [0.15, 0.2) is 58.3 Å². The van der Waals surface area contributed by atoms with E-state index in [0.717, 1.165) is 0 Å². The fourth-order valence-corrected chi connectivity index (χ4v) is 6.05. The van der Waals surface area contributed by atoms with Crippen LogP contribution < -0.4 is 9.47 Å². The van der Waals surface area contributed by atoms with Gasteiger partial charge in [-0.3, -0.25) is 0 Å². The molecule has 0 saturated carbocycles. The monoisotopic (exact) mass is 468 g/mol. The maximum absolute atomic E-state index is 13.0. The normalized spacial score (nSPS) is 20.0. The summed E-state index contributed by atoms with van der Waals surface area (Å²) >= 11 is 0. The molecule has 0 aromatic heterocycles. The van der Waals surface area contributed by atoms with Gasteiger partial charge < -0.3 is 14.2 Å². The van der Waals surface area contributed by atoms with E-state index in [4.69, 9.17) is 14.2 Å². The van der Waals surface area contributed by atoms with E-state index in [1.165, 1.54) is 39.9 Å². The molecule has 1 fully saturated rings. The van der Waals surface area contributed by atoms with Crippen LogP contribution in [0.1, 0.15) is 0 Å². The number of ether oxygens (including phenoxy) is 3. The molecule has 0 aliphatic carbocycles. The first-order valence-corrected chi connectivity index (χ1v) is 12.7. The number of sulfonamides is 2. The third kappa shape index (κ3) is 4.55. The first kappa shape index (κ1) is 22.0. The summed E-state index contributed by atoms with van der Waals surface area (Å²) in [6.07, 6.45) is -0.462. The molecule has 31 heavy (non-hydrogen) atoms. The van der Waals surface area contributed by atoms with Crippen LogP contribution >= 0.6 is 0 Å². The van der Waals surface area contributed by atoms with Crippen LogP contribution in [0, 0.1) is 0 Å². The minimum atomic E-state index is -3.83. The molecule has 0 spiro atoms. The van der Waals surface area contributed by atoms with Crippen molar-refractivity contribution in [3.8, 4) is 11.5 Å². The van der Waals surface area contributed by atoms with Gasteiger partial charge in [0.25, 0.3) is 0 Å². The average molecular weight is 469 g/mol. The van der Waals surface area contributed by atoms with E-state index in [-0.39, 0.29) is 36.0 Å². The van der Waals surface area contributed by atoms with Gasteiger partial charge in [-0.15, -0.1) is 0 Å². The van der Waals surface area contributed by atoms with Crippen molar-refractivity contribution >= 4 is 20.0 Å². The maximum Gasteiger partial charge on any atom is 0.243 e. The van der Waals surface area contributed by atoms with Crippen molar-refractivity contribution in [1.29, 1.82) is 0 Å². The van der Waals surface area contributed by atoms with Crippen molar-refractivity contribution in [1.82, 2.24) is 8.61 Å². The number of rotatable bonds is 6. The number of morpholine rings is 1. The Hall–Kier alpha value is -2.18. The van der Waals surface area contributed by atoms with Gasteiger partial charge in [0, 0.05) is 20.1 Å². The Morgan fingerprint density at radius 3 is 2.23 bits per heavy atom. The molecule has 0 unspecified atom stereocenters. The first-order valence-electron chi connectivity index (χ1n) is 9.81. The lowest BCUT2D eigenvalue weighted by molar-refractivity contribution is 0.0730. The van der Waals surface area contributed by atoms with Gasteiger partial charge in [0.15, 0.2) is 11.5 Å². The average Bonchev–Trinajstić information content (AvgIpc) is 2.79. The summed E-state index contributed by atoms with van der Waals surface area (Å²) in [7, 11) is -6.06. The second-order valence-electron chi connectivity index (χ2n) is 7.27. The molecule has 2 aromatic rings. The maximum atomic E-state index is 13.0. The predicted molar refractivity (Wildman–Crippen MR) is 112 cm³/mol. The molecule has 1 saturated heterocycles. The van der Waals surface area contributed by atoms with E-state index in [1.807, 2.05) is 12.1 Å². The van der Waals surface area contributed by atoms with E-state index < -0.39 is 26.2 Å². The van der Waals surface area contributed by atoms with E-state index in [2.05, 4.69) is 0 Å². The summed E-state index contributed by atoms with van der Waals surface area (Å²) in [5.74, 6) is 1.20. The van der Waals surface area contributed by atoms with E-state index in [1.54, 1.807) is 12.1 Å². The fourth-order valence-electron chi connectivity index (χ4n) is 3.44. The number of fused-ring (bicyclic) bond motifs is 1. The van der Waals surface area contributed by atoms with Crippen LogP contribution in [-0.2, 0) is 24.8 Å². The Bertz CT molecular complexity index is 1130. The number of hydrogen-bond donors (Lipinski definition) is 0. The van der Waals surface area contributed by atoms with Gasteiger partial charge in [-0.05, 0) is 36.4 Å². The molecule has 2 heterocycles. The molecule has 11 heteroatoms. The van der Waals surface area contributed by atoms with Crippen molar-refractivity contribution in [2.45, 2.75) is 15.9 Å². The van der Waals surface area contributed by atoms with Gasteiger partial charge in [-0.2, -0.15) is 8.61 Å². The highest BCUT2D eigenvalue weighted by Gasteiger charge is 2.30. The predicted octanol–water partition coefficient (Wildman–Crippen LogP) is 1.17. The molecule has 2 aliphatic rings. The van der Waals surface area contributed by atoms with E-state index >= 15 is 0 Å². The zero-order valence-corrected chi connectivity index (χ0v) is 18.6. The third-order valence-corrected chi connectivity index (χ3v) is 8.92. The zero-order valence-electron chi connectivity index (χ0n) is 17.0. The smallest absolute Gasteiger partial charge is 0.243 e.